The summed E-state index contributed by atoms with van der Waals surface area (Å²) in [6.45, 7) is 7.85. The Hall–Kier alpha value is -2.85. The molecule has 0 bridgehead atoms. The van der Waals surface area contributed by atoms with Gasteiger partial charge < -0.3 is 19.5 Å². The lowest BCUT2D eigenvalue weighted by Gasteiger charge is -2.16. The summed E-state index contributed by atoms with van der Waals surface area (Å²) in [7, 11) is 1.62. The van der Waals surface area contributed by atoms with Crippen molar-refractivity contribution >= 4 is 46.1 Å². The SMILES string of the molecule is COc1cc(C=NNC(=S)NCc2ccccc2)cc(I)c1OCCOc1cc(C)ccc1C(C)C. The van der Waals surface area contributed by atoms with E-state index in [1.807, 2.05) is 42.5 Å². The molecule has 0 aromatic heterocycles. The van der Waals surface area contributed by atoms with Gasteiger partial charge in [-0.1, -0.05) is 56.3 Å². The largest absolute Gasteiger partial charge is 0.493 e. The maximum atomic E-state index is 6.05. The first kappa shape index (κ1) is 27.7. The fourth-order valence-electron chi connectivity index (χ4n) is 3.48. The number of methoxy groups -OCH3 is 1. The number of aryl methyl sites for hydroxylation is 1. The smallest absolute Gasteiger partial charge is 0.187 e. The van der Waals surface area contributed by atoms with Crippen molar-refractivity contribution in [3.63, 3.8) is 0 Å². The molecule has 0 aliphatic heterocycles. The number of hydrogen-bond acceptors (Lipinski definition) is 5. The molecule has 36 heavy (non-hydrogen) atoms. The van der Waals surface area contributed by atoms with Gasteiger partial charge in [0.25, 0.3) is 0 Å². The Morgan fingerprint density at radius 3 is 2.50 bits per heavy atom. The van der Waals surface area contributed by atoms with Crippen LogP contribution in [0.25, 0.3) is 0 Å². The fraction of sp³-hybridized carbons (Fsp3) is 0.286. The molecular formula is C28H32IN3O3S. The van der Waals surface area contributed by atoms with Crippen LogP contribution in [0.2, 0.25) is 0 Å². The van der Waals surface area contributed by atoms with Crippen molar-refractivity contribution in [3.05, 3.63) is 86.5 Å². The van der Waals surface area contributed by atoms with Crippen molar-refractivity contribution in [2.45, 2.75) is 33.2 Å². The van der Waals surface area contributed by atoms with Crippen LogP contribution in [0.15, 0.2) is 65.8 Å². The van der Waals surface area contributed by atoms with Crippen LogP contribution in [0.3, 0.4) is 0 Å². The molecule has 0 amide bonds. The van der Waals surface area contributed by atoms with Gasteiger partial charge in [-0.2, -0.15) is 5.10 Å². The molecule has 6 nitrogen and oxygen atoms in total. The predicted molar refractivity (Wildman–Crippen MR) is 159 cm³/mol. The van der Waals surface area contributed by atoms with Crippen LogP contribution in [0.4, 0.5) is 0 Å². The van der Waals surface area contributed by atoms with Gasteiger partial charge in [-0.05, 0) is 88.1 Å². The highest BCUT2D eigenvalue weighted by Gasteiger charge is 2.12. The molecule has 0 unspecified atom stereocenters. The van der Waals surface area contributed by atoms with Gasteiger partial charge in [-0.15, -0.1) is 0 Å². The van der Waals surface area contributed by atoms with Crippen molar-refractivity contribution in [2.24, 2.45) is 5.10 Å². The number of nitrogens with zero attached hydrogens (tertiary/aromatic N) is 1. The molecule has 0 heterocycles. The van der Waals surface area contributed by atoms with Crippen LogP contribution >= 0.6 is 34.8 Å². The van der Waals surface area contributed by atoms with E-state index in [1.165, 1.54) is 11.1 Å². The molecule has 0 saturated heterocycles. The molecule has 0 atom stereocenters. The van der Waals surface area contributed by atoms with E-state index in [1.54, 1.807) is 13.3 Å². The van der Waals surface area contributed by atoms with Crippen molar-refractivity contribution < 1.29 is 14.2 Å². The third-order valence-corrected chi connectivity index (χ3v) is 6.34. The number of benzene rings is 3. The summed E-state index contributed by atoms with van der Waals surface area (Å²) in [6.07, 6.45) is 1.69. The van der Waals surface area contributed by atoms with E-state index in [0.29, 0.717) is 42.3 Å². The third kappa shape index (κ3) is 8.37. The maximum Gasteiger partial charge on any atom is 0.187 e. The van der Waals surface area contributed by atoms with Crippen LogP contribution in [0.5, 0.6) is 17.2 Å². The minimum absolute atomic E-state index is 0.389. The Morgan fingerprint density at radius 1 is 1.03 bits per heavy atom. The second-order valence-electron chi connectivity index (χ2n) is 8.47. The van der Waals surface area contributed by atoms with Crippen LogP contribution in [0.1, 0.15) is 42.0 Å². The standard InChI is InChI=1S/C28H32IN3O3S/c1-19(2)23-11-10-20(3)14-25(23)34-12-13-35-27-24(29)15-22(16-26(27)33-4)18-31-32-28(36)30-17-21-8-6-5-7-9-21/h5-11,14-16,18-19H,12-13,17H2,1-4H3,(H2,30,32,36). The van der Waals surface area contributed by atoms with E-state index < -0.39 is 0 Å². The van der Waals surface area contributed by atoms with Crippen molar-refractivity contribution in [3.8, 4) is 17.2 Å². The quantitative estimate of drug-likeness (QED) is 0.0881. The van der Waals surface area contributed by atoms with Gasteiger partial charge >= 0.3 is 0 Å². The summed E-state index contributed by atoms with van der Waals surface area (Å²) in [4.78, 5) is 0. The highest BCUT2D eigenvalue weighted by atomic mass is 127. The van der Waals surface area contributed by atoms with E-state index in [-0.39, 0.29) is 0 Å². The van der Waals surface area contributed by atoms with Crippen molar-refractivity contribution in [2.75, 3.05) is 20.3 Å². The Balaban J connectivity index is 1.53. The lowest BCUT2D eigenvalue weighted by atomic mass is 10.0. The van der Waals surface area contributed by atoms with Gasteiger partial charge in [0, 0.05) is 6.54 Å². The molecule has 0 fully saturated rings. The van der Waals surface area contributed by atoms with Gasteiger partial charge in [0.2, 0.25) is 0 Å². The van der Waals surface area contributed by atoms with Crippen molar-refractivity contribution in [1.29, 1.82) is 0 Å². The Labute approximate surface area is 232 Å². The first-order valence-electron chi connectivity index (χ1n) is 11.7. The van der Waals surface area contributed by atoms with Gasteiger partial charge in [0.15, 0.2) is 16.6 Å². The predicted octanol–water partition coefficient (Wildman–Crippen LogP) is 6.19. The minimum atomic E-state index is 0.389. The van der Waals surface area contributed by atoms with E-state index in [9.17, 15) is 0 Å². The number of nitrogens with one attached hydrogen (secondary N) is 2. The molecular weight excluding hydrogens is 585 g/mol. The number of hydrogen-bond donors (Lipinski definition) is 2. The van der Waals surface area contributed by atoms with Crippen LogP contribution < -0.4 is 25.0 Å². The van der Waals surface area contributed by atoms with Crippen LogP contribution in [0, 0.1) is 10.5 Å². The lowest BCUT2D eigenvalue weighted by Crippen LogP contribution is -2.31. The molecule has 8 heteroatoms. The normalized spacial score (nSPS) is 10.9. The average Bonchev–Trinajstić information content (AvgIpc) is 2.86. The molecule has 3 aromatic carbocycles. The fourth-order valence-corrected chi connectivity index (χ4v) is 4.38. The second kappa shape index (κ2) is 14.0. The molecule has 0 aliphatic carbocycles. The van der Waals surface area contributed by atoms with Crippen LogP contribution in [-0.2, 0) is 6.54 Å². The van der Waals surface area contributed by atoms with E-state index >= 15 is 0 Å². The minimum Gasteiger partial charge on any atom is -0.493 e. The molecule has 0 saturated carbocycles. The number of hydrazone groups is 1. The number of ether oxygens (including phenoxy) is 3. The van der Waals surface area contributed by atoms with Gasteiger partial charge in [-0.3, -0.25) is 5.43 Å². The summed E-state index contributed by atoms with van der Waals surface area (Å²) in [6, 6.07) is 20.2. The average molecular weight is 618 g/mol. The zero-order valence-corrected chi connectivity index (χ0v) is 24.0. The monoisotopic (exact) mass is 617 g/mol. The van der Waals surface area contributed by atoms with Gasteiger partial charge in [-0.25, -0.2) is 0 Å². The zero-order valence-electron chi connectivity index (χ0n) is 21.0. The van der Waals surface area contributed by atoms with E-state index in [2.05, 4.69) is 77.4 Å². The van der Waals surface area contributed by atoms with E-state index in [0.717, 1.165) is 20.4 Å². The topological polar surface area (TPSA) is 64.1 Å². The number of halogens is 1. The summed E-state index contributed by atoms with van der Waals surface area (Å²) in [5, 5.41) is 7.82. The summed E-state index contributed by atoms with van der Waals surface area (Å²) >= 11 is 7.53. The van der Waals surface area contributed by atoms with Gasteiger partial charge in [0.1, 0.15) is 19.0 Å². The molecule has 3 rings (SSSR count). The second-order valence-corrected chi connectivity index (χ2v) is 10.0. The summed E-state index contributed by atoms with van der Waals surface area (Å²) < 4.78 is 18.6. The van der Waals surface area contributed by atoms with Gasteiger partial charge in [0.05, 0.1) is 16.9 Å². The van der Waals surface area contributed by atoms with Crippen LogP contribution in [-0.4, -0.2) is 31.7 Å². The highest BCUT2D eigenvalue weighted by molar-refractivity contribution is 14.1. The first-order chi connectivity index (χ1) is 17.4. The third-order valence-electron chi connectivity index (χ3n) is 5.31. The molecule has 2 N–H and O–H groups in total. The van der Waals surface area contributed by atoms with E-state index in [4.69, 9.17) is 26.4 Å². The summed E-state index contributed by atoms with van der Waals surface area (Å²) in [5.41, 5.74) is 7.22. The van der Waals surface area contributed by atoms with Crippen molar-refractivity contribution in [1.82, 2.24) is 10.7 Å². The lowest BCUT2D eigenvalue weighted by molar-refractivity contribution is 0.209. The number of thiocarbonyl (C=S) groups is 1. The molecule has 3 aromatic rings. The zero-order chi connectivity index (χ0) is 25.9. The molecule has 0 spiro atoms. The molecule has 0 radical (unpaired) electrons. The Bertz CT molecular complexity index is 1190. The highest BCUT2D eigenvalue weighted by Crippen LogP contribution is 2.34. The molecule has 190 valence electrons. The maximum absolute atomic E-state index is 6.05. The Morgan fingerprint density at radius 2 is 1.78 bits per heavy atom. The summed E-state index contributed by atoms with van der Waals surface area (Å²) in [5.74, 6) is 2.61. The molecule has 0 aliphatic rings. The Kier molecular flexibility index (Phi) is 10.8. The first-order valence-corrected chi connectivity index (χ1v) is 13.2. The number of rotatable bonds is 11.